The van der Waals surface area contributed by atoms with E-state index in [1.54, 1.807) is 0 Å². The van der Waals surface area contributed by atoms with Crippen LogP contribution in [0.3, 0.4) is 0 Å². The third-order valence-corrected chi connectivity index (χ3v) is 5.85. The van der Waals surface area contributed by atoms with Gasteiger partial charge in [0.25, 0.3) is 6.08 Å². The van der Waals surface area contributed by atoms with Gasteiger partial charge >= 0.3 is 0 Å². The van der Waals surface area contributed by atoms with Gasteiger partial charge < -0.3 is 9.80 Å². The lowest BCUT2D eigenvalue weighted by atomic mass is 9.90. The highest BCUT2D eigenvalue weighted by molar-refractivity contribution is 5.19. The summed E-state index contributed by atoms with van der Waals surface area (Å²) in [7, 11) is 7.79. The van der Waals surface area contributed by atoms with E-state index in [0.717, 1.165) is 38.5 Å². The molecule has 0 radical (unpaired) electrons. The van der Waals surface area contributed by atoms with Gasteiger partial charge in [-0.3, -0.25) is 0 Å². The fraction of sp³-hybridized carbons (Fsp3) is 0.917. The molecule has 0 aromatic carbocycles. The maximum atomic E-state index is 14.1. The number of hydrogen-bond donors (Lipinski definition) is 0. The fourth-order valence-electron chi connectivity index (χ4n) is 4.09. The zero-order chi connectivity index (χ0) is 21.4. The Kier molecular flexibility index (Phi) is 17.1. The van der Waals surface area contributed by atoms with E-state index in [1.807, 2.05) is 38.0 Å². The lowest BCUT2D eigenvalue weighted by molar-refractivity contribution is 0.222. The highest BCUT2D eigenvalue weighted by Gasteiger charge is 2.29. The Balaban J connectivity index is 4.86. The van der Waals surface area contributed by atoms with Gasteiger partial charge in [0.1, 0.15) is 0 Å². The normalized spacial score (nSPS) is 13.9. The predicted molar refractivity (Wildman–Crippen MR) is 120 cm³/mol. The van der Waals surface area contributed by atoms with E-state index in [9.17, 15) is 8.78 Å². The van der Waals surface area contributed by atoms with Crippen LogP contribution in [-0.4, -0.2) is 50.1 Å². The van der Waals surface area contributed by atoms with Crippen LogP contribution in [0.1, 0.15) is 104 Å². The SMILES string of the molecule is CCCCCCCCC(C(=C(F)F)C(CCCCCCCC)N(C)C)N(C)C. The molecule has 0 saturated carbocycles. The molecule has 0 rings (SSSR count). The van der Waals surface area contributed by atoms with Crippen LogP contribution < -0.4 is 0 Å². The summed E-state index contributed by atoms with van der Waals surface area (Å²) in [5, 5.41) is 0. The van der Waals surface area contributed by atoms with E-state index >= 15 is 0 Å². The van der Waals surface area contributed by atoms with Crippen molar-refractivity contribution in [2.45, 2.75) is 116 Å². The van der Waals surface area contributed by atoms with Crippen molar-refractivity contribution in [2.24, 2.45) is 0 Å². The molecule has 0 heterocycles. The molecule has 0 saturated heterocycles. The van der Waals surface area contributed by atoms with Crippen molar-refractivity contribution in [3.63, 3.8) is 0 Å². The zero-order valence-electron chi connectivity index (χ0n) is 19.7. The lowest BCUT2D eigenvalue weighted by Crippen LogP contribution is -2.41. The molecule has 2 nitrogen and oxygen atoms in total. The summed E-state index contributed by atoms with van der Waals surface area (Å²) in [4.78, 5) is 4.00. The number of nitrogens with zero attached hydrogens (tertiary/aromatic N) is 2. The summed E-state index contributed by atoms with van der Waals surface area (Å²) in [6.07, 6.45) is 14.6. The van der Waals surface area contributed by atoms with Gasteiger partial charge in [-0.25, -0.2) is 0 Å². The van der Waals surface area contributed by atoms with Gasteiger partial charge in [0, 0.05) is 17.7 Å². The van der Waals surface area contributed by atoms with E-state index in [-0.39, 0.29) is 12.1 Å². The van der Waals surface area contributed by atoms with Crippen molar-refractivity contribution in [3.05, 3.63) is 11.7 Å². The second-order valence-corrected chi connectivity index (χ2v) is 8.79. The van der Waals surface area contributed by atoms with Crippen LogP contribution in [0.15, 0.2) is 11.7 Å². The molecular weight excluding hydrogens is 354 g/mol. The molecule has 4 heteroatoms. The number of likely N-dealkylation sites (N-methyl/N-ethyl adjacent to an activating group) is 2. The van der Waals surface area contributed by atoms with Gasteiger partial charge in [0.15, 0.2) is 0 Å². The molecule has 0 aliphatic carbocycles. The molecule has 0 fully saturated rings. The number of hydrogen-bond acceptors (Lipinski definition) is 2. The first-order valence-electron chi connectivity index (χ1n) is 11.7. The van der Waals surface area contributed by atoms with Crippen molar-refractivity contribution in [3.8, 4) is 0 Å². The van der Waals surface area contributed by atoms with Gasteiger partial charge in [-0.2, -0.15) is 8.78 Å². The lowest BCUT2D eigenvalue weighted by Gasteiger charge is -2.34. The van der Waals surface area contributed by atoms with Crippen molar-refractivity contribution in [1.29, 1.82) is 0 Å². The Morgan fingerprint density at radius 3 is 1.18 bits per heavy atom. The first kappa shape index (κ1) is 27.5. The van der Waals surface area contributed by atoms with Gasteiger partial charge in [0.05, 0.1) is 0 Å². The standard InChI is InChI=1S/C24H48F2N2/c1-7-9-11-13-15-17-19-21(27(3)4)23(24(25)26)22(28(5)6)20-18-16-14-12-10-8-2/h21-22H,7-20H2,1-6H3. The van der Waals surface area contributed by atoms with E-state index < -0.39 is 6.08 Å². The van der Waals surface area contributed by atoms with Gasteiger partial charge in [-0.05, 0) is 41.0 Å². The van der Waals surface area contributed by atoms with E-state index in [4.69, 9.17) is 0 Å². The molecule has 0 bridgehead atoms. The van der Waals surface area contributed by atoms with Crippen molar-refractivity contribution in [1.82, 2.24) is 9.80 Å². The molecular formula is C24H48F2N2. The van der Waals surface area contributed by atoms with Crippen molar-refractivity contribution < 1.29 is 8.78 Å². The maximum Gasteiger partial charge on any atom is 0.272 e. The third kappa shape index (κ3) is 12.2. The van der Waals surface area contributed by atoms with Gasteiger partial charge in [-0.15, -0.1) is 0 Å². The van der Waals surface area contributed by atoms with Crippen LogP contribution in [0, 0.1) is 0 Å². The molecule has 28 heavy (non-hydrogen) atoms. The Bertz CT molecular complexity index is 360. The van der Waals surface area contributed by atoms with Crippen LogP contribution in [0.2, 0.25) is 0 Å². The molecule has 0 spiro atoms. The van der Waals surface area contributed by atoms with E-state index in [1.165, 1.54) is 51.4 Å². The van der Waals surface area contributed by atoms with Crippen LogP contribution in [0.25, 0.3) is 0 Å². The number of halogens is 2. The predicted octanol–water partition coefficient (Wildman–Crippen LogP) is 7.50. The third-order valence-electron chi connectivity index (χ3n) is 5.85. The summed E-state index contributed by atoms with van der Waals surface area (Å²) >= 11 is 0. The van der Waals surface area contributed by atoms with Crippen LogP contribution in [0.4, 0.5) is 8.78 Å². The quantitative estimate of drug-likeness (QED) is 0.219. The minimum atomic E-state index is -1.46. The number of unbranched alkanes of at least 4 members (excludes halogenated alkanes) is 10. The Morgan fingerprint density at radius 1 is 0.571 bits per heavy atom. The van der Waals surface area contributed by atoms with E-state index in [2.05, 4.69) is 13.8 Å². The molecule has 0 aliphatic heterocycles. The summed E-state index contributed by atoms with van der Waals surface area (Å²) in [5.41, 5.74) is 0.358. The summed E-state index contributed by atoms with van der Waals surface area (Å²) in [5.74, 6) is 0. The summed E-state index contributed by atoms with van der Waals surface area (Å²) in [6.45, 7) is 4.43. The Labute approximate surface area is 174 Å². The smallest absolute Gasteiger partial charge is 0.272 e. The van der Waals surface area contributed by atoms with Crippen molar-refractivity contribution >= 4 is 0 Å². The Morgan fingerprint density at radius 2 is 0.893 bits per heavy atom. The minimum Gasteiger partial charge on any atom is -0.302 e. The van der Waals surface area contributed by atoms with Crippen LogP contribution >= 0.6 is 0 Å². The second kappa shape index (κ2) is 17.4. The molecule has 2 atom stereocenters. The molecule has 2 unspecified atom stereocenters. The molecule has 168 valence electrons. The van der Waals surface area contributed by atoms with Crippen LogP contribution in [-0.2, 0) is 0 Å². The summed E-state index contributed by atoms with van der Waals surface area (Å²) in [6, 6.07) is -0.327. The van der Waals surface area contributed by atoms with Gasteiger partial charge in [-0.1, -0.05) is 90.9 Å². The maximum absolute atomic E-state index is 14.1. The first-order chi connectivity index (χ1) is 13.4. The average molecular weight is 403 g/mol. The first-order valence-corrected chi connectivity index (χ1v) is 11.7. The molecule has 0 aromatic rings. The molecule has 0 aromatic heterocycles. The van der Waals surface area contributed by atoms with Crippen molar-refractivity contribution in [2.75, 3.05) is 28.2 Å². The molecule has 0 N–H and O–H groups in total. The zero-order valence-corrected chi connectivity index (χ0v) is 19.7. The molecule has 0 aliphatic rings. The average Bonchev–Trinajstić information content (AvgIpc) is 2.63. The largest absolute Gasteiger partial charge is 0.302 e. The van der Waals surface area contributed by atoms with Gasteiger partial charge in [0.2, 0.25) is 0 Å². The molecule has 0 amide bonds. The summed E-state index contributed by atoms with van der Waals surface area (Å²) < 4.78 is 28.2. The van der Waals surface area contributed by atoms with Crippen LogP contribution in [0.5, 0.6) is 0 Å². The topological polar surface area (TPSA) is 6.48 Å². The Hall–Kier alpha value is -0.480. The highest BCUT2D eigenvalue weighted by Crippen LogP contribution is 2.29. The monoisotopic (exact) mass is 402 g/mol. The fourth-order valence-corrected chi connectivity index (χ4v) is 4.09. The van der Waals surface area contributed by atoms with E-state index in [0.29, 0.717) is 5.57 Å². The highest BCUT2D eigenvalue weighted by atomic mass is 19.3. The number of rotatable bonds is 18. The minimum absolute atomic E-state index is 0.163. The second-order valence-electron chi connectivity index (χ2n) is 8.79.